The first-order valence-electron chi connectivity index (χ1n) is 8.42. The van der Waals surface area contributed by atoms with Gasteiger partial charge in [-0.2, -0.15) is 13.2 Å². The van der Waals surface area contributed by atoms with Gasteiger partial charge in [0.25, 0.3) is 0 Å². The maximum atomic E-state index is 13.1. The highest BCUT2D eigenvalue weighted by Gasteiger charge is 2.31. The second kappa shape index (κ2) is 8.43. The maximum absolute atomic E-state index is 13.1. The van der Waals surface area contributed by atoms with Crippen LogP contribution in [-0.2, 0) is 22.4 Å². The Morgan fingerprint density at radius 3 is 2.37 bits per heavy atom. The minimum atomic E-state index is -4.47. The number of hydrogen-bond acceptors (Lipinski definition) is 4. The molecule has 0 aliphatic carbocycles. The Hall–Kier alpha value is -2.54. The number of hydroxylamine groups is 1. The number of halogens is 3. The smallest absolute Gasteiger partial charge is 0.416 e. The zero-order chi connectivity index (χ0) is 20.2. The van der Waals surface area contributed by atoms with Crippen LogP contribution in [-0.4, -0.2) is 13.1 Å². The van der Waals surface area contributed by atoms with E-state index in [1.807, 2.05) is 26.0 Å². The van der Waals surface area contributed by atoms with Gasteiger partial charge < -0.3 is 9.57 Å². The average Bonchev–Trinajstić information content (AvgIpc) is 2.60. The molecule has 2 aromatic rings. The molecule has 0 saturated heterocycles. The summed E-state index contributed by atoms with van der Waals surface area (Å²) in [5.74, 6) is 0.211. The minimum absolute atomic E-state index is 0.0755. The van der Waals surface area contributed by atoms with Crippen molar-refractivity contribution in [2.45, 2.75) is 39.4 Å². The molecule has 0 aromatic heterocycles. The topological polar surface area (TPSA) is 47.6 Å². The van der Waals surface area contributed by atoms with Crippen LogP contribution in [0.25, 0.3) is 11.1 Å². The fraction of sp³-hybridized carbons (Fsp3) is 0.350. The molecule has 7 heteroatoms. The van der Waals surface area contributed by atoms with E-state index in [0.29, 0.717) is 22.4 Å². The van der Waals surface area contributed by atoms with Gasteiger partial charge in [0.15, 0.2) is 0 Å². The molecule has 0 fully saturated rings. The molecule has 0 aliphatic rings. The molecular formula is C20H22F3NO3. The molecule has 0 unspecified atom stereocenters. The van der Waals surface area contributed by atoms with Gasteiger partial charge in [-0.05, 0) is 46.9 Å². The molecule has 0 heterocycles. The predicted octanol–water partition coefficient (Wildman–Crippen LogP) is 5.07. The molecule has 1 N–H and O–H groups in total. The molecule has 0 bridgehead atoms. The van der Waals surface area contributed by atoms with E-state index < -0.39 is 17.7 Å². The summed E-state index contributed by atoms with van der Waals surface area (Å²) in [6.07, 6.45) is -4.47. The van der Waals surface area contributed by atoms with Crippen molar-refractivity contribution in [1.82, 2.24) is 5.48 Å². The first-order valence-corrected chi connectivity index (χ1v) is 8.42. The standard InChI is InChI=1S/C20H22F3NO3/c1-12(2)14-5-8-19(26-4)18(10-14)17-7-6-16(20(21,22)23)9-15(17)11-24-27-13(3)25/h5-10,12,24H,11H2,1-4H3. The van der Waals surface area contributed by atoms with Crippen molar-refractivity contribution in [2.24, 2.45) is 0 Å². The molecule has 0 atom stereocenters. The van der Waals surface area contributed by atoms with Crippen LogP contribution in [0, 0.1) is 0 Å². The SMILES string of the molecule is COc1ccc(C(C)C)cc1-c1ccc(C(F)(F)F)cc1CNOC(C)=O. The van der Waals surface area contributed by atoms with Crippen molar-refractivity contribution >= 4 is 5.97 Å². The number of alkyl halides is 3. The van der Waals surface area contributed by atoms with E-state index >= 15 is 0 Å². The van der Waals surface area contributed by atoms with Gasteiger partial charge in [0.05, 0.1) is 19.2 Å². The Morgan fingerprint density at radius 2 is 1.81 bits per heavy atom. The molecule has 0 aliphatic heterocycles. The molecule has 2 rings (SSSR count). The monoisotopic (exact) mass is 381 g/mol. The summed E-state index contributed by atoms with van der Waals surface area (Å²) >= 11 is 0. The van der Waals surface area contributed by atoms with E-state index in [0.717, 1.165) is 17.7 Å². The number of carbonyl (C=O) groups is 1. The number of ether oxygens (including phenoxy) is 1. The molecule has 146 valence electrons. The van der Waals surface area contributed by atoms with Crippen LogP contribution in [0.5, 0.6) is 5.75 Å². The summed E-state index contributed by atoms with van der Waals surface area (Å²) in [6, 6.07) is 9.12. The molecule has 0 radical (unpaired) electrons. The Balaban J connectivity index is 2.57. The van der Waals surface area contributed by atoms with Crippen LogP contribution < -0.4 is 10.2 Å². The van der Waals surface area contributed by atoms with Crippen molar-refractivity contribution in [3.05, 3.63) is 53.1 Å². The van der Waals surface area contributed by atoms with Gasteiger partial charge in [0.2, 0.25) is 0 Å². The van der Waals surface area contributed by atoms with E-state index in [1.165, 1.54) is 20.1 Å². The van der Waals surface area contributed by atoms with E-state index in [1.54, 1.807) is 6.07 Å². The fourth-order valence-corrected chi connectivity index (χ4v) is 2.69. The number of methoxy groups -OCH3 is 1. The first kappa shape index (κ1) is 20.8. The molecule has 27 heavy (non-hydrogen) atoms. The summed E-state index contributed by atoms with van der Waals surface area (Å²) in [5.41, 5.74) is 4.25. The third-order valence-electron chi connectivity index (χ3n) is 4.09. The summed E-state index contributed by atoms with van der Waals surface area (Å²) in [7, 11) is 1.51. The maximum Gasteiger partial charge on any atom is 0.416 e. The lowest BCUT2D eigenvalue weighted by Crippen LogP contribution is -2.18. The number of nitrogens with one attached hydrogen (secondary N) is 1. The second-order valence-electron chi connectivity index (χ2n) is 6.40. The van der Waals surface area contributed by atoms with Gasteiger partial charge >= 0.3 is 12.1 Å². The van der Waals surface area contributed by atoms with Crippen LogP contribution in [0.1, 0.15) is 43.4 Å². The van der Waals surface area contributed by atoms with Crippen molar-refractivity contribution in [1.29, 1.82) is 0 Å². The van der Waals surface area contributed by atoms with E-state index in [4.69, 9.17) is 4.74 Å². The lowest BCUT2D eigenvalue weighted by atomic mass is 9.92. The normalized spacial score (nSPS) is 11.6. The van der Waals surface area contributed by atoms with Gasteiger partial charge in [-0.1, -0.05) is 26.0 Å². The highest BCUT2D eigenvalue weighted by atomic mass is 19.4. The van der Waals surface area contributed by atoms with Gasteiger partial charge in [-0.15, -0.1) is 5.48 Å². The molecule has 0 saturated carbocycles. The first-order chi connectivity index (χ1) is 12.6. The Labute approximate surface area is 156 Å². The highest BCUT2D eigenvalue weighted by molar-refractivity contribution is 5.75. The van der Waals surface area contributed by atoms with Gasteiger partial charge in [0, 0.05) is 12.5 Å². The van der Waals surface area contributed by atoms with E-state index in [9.17, 15) is 18.0 Å². The molecule has 2 aromatic carbocycles. The fourth-order valence-electron chi connectivity index (χ4n) is 2.69. The summed E-state index contributed by atoms with van der Waals surface area (Å²) < 4.78 is 44.8. The third kappa shape index (κ3) is 5.23. The van der Waals surface area contributed by atoms with Crippen LogP contribution >= 0.6 is 0 Å². The number of carbonyl (C=O) groups excluding carboxylic acids is 1. The number of hydrogen-bond donors (Lipinski definition) is 1. The average molecular weight is 381 g/mol. The zero-order valence-electron chi connectivity index (χ0n) is 15.6. The largest absolute Gasteiger partial charge is 0.496 e. The zero-order valence-corrected chi connectivity index (χ0v) is 15.6. The summed E-state index contributed by atoms with van der Waals surface area (Å²) in [5, 5.41) is 0. The van der Waals surface area contributed by atoms with Crippen molar-refractivity contribution in [3.63, 3.8) is 0 Å². The van der Waals surface area contributed by atoms with Crippen molar-refractivity contribution < 1.29 is 27.5 Å². The van der Waals surface area contributed by atoms with Gasteiger partial charge in [-0.3, -0.25) is 4.79 Å². The van der Waals surface area contributed by atoms with E-state index in [-0.39, 0.29) is 12.5 Å². The summed E-state index contributed by atoms with van der Waals surface area (Å²) in [6.45, 7) is 5.19. The van der Waals surface area contributed by atoms with E-state index in [2.05, 4.69) is 10.3 Å². The predicted molar refractivity (Wildman–Crippen MR) is 96.1 cm³/mol. The molecule has 4 nitrogen and oxygen atoms in total. The van der Waals surface area contributed by atoms with Crippen LogP contribution in [0.15, 0.2) is 36.4 Å². The number of rotatable bonds is 6. The third-order valence-corrected chi connectivity index (χ3v) is 4.09. The van der Waals surface area contributed by atoms with Gasteiger partial charge in [0.1, 0.15) is 5.75 Å². The quantitative estimate of drug-likeness (QED) is 0.710. The Kier molecular flexibility index (Phi) is 6.49. The lowest BCUT2D eigenvalue weighted by molar-refractivity contribution is -0.148. The molecule has 0 spiro atoms. The van der Waals surface area contributed by atoms with Crippen molar-refractivity contribution in [2.75, 3.05) is 7.11 Å². The lowest BCUT2D eigenvalue weighted by Gasteiger charge is -2.18. The molecular weight excluding hydrogens is 359 g/mol. The second-order valence-corrected chi connectivity index (χ2v) is 6.40. The summed E-state index contributed by atoms with van der Waals surface area (Å²) in [4.78, 5) is 15.6. The van der Waals surface area contributed by atoms with Crippen LogP contribution in [0.2, 0.25) is 0 Å². The van der Waals surface area contributed by atoms with Crippen LogP contribution in [0.4, 0.5) is 13.2 Å². The highest BCUT2D eigenvalue weighted by Crippen LogP contribution is 2.38. The molecule has 0 amide bonds. The Morgan fingerprint density at radius 1 is 1.11 bits per heavy atom. The van der Waals surface area contributed by atoms with Gasteiger partial charge in [-0.25, -0.2) is 0 Å². The van der Waals surface area contributed by atoms with Crippen molar-refractivity contribution in [3.8, 4) is 16.9 Å². The van der Waals surface area contributed by atoms with Crippen LogP contribution in [0.3, 0.4) is 0 Å². The Bertz CT molecular complexity index is 817. The number of benzene rings is 2. The minimum Gasteiger partial charge on any atom is -0.496 e.